The zero-order chi connectivity index (χ0) is 12.6. The van der Waals surface area contributed by atoms with Gasteiger partial charge in [-0.25, -0.2) is 0 Å². The molecule has 0 N–H and O–H groups in total. The highest BCUT2D eigenvalue weighted by atomic mass is 127. The second kappa shape index (κ2) is 4.56. The van der Waals surface area contributed by atoms with Crippen molar-refractivity contribution >= 4 is 33.5 Å². The zero-order valence-electron chi connectivity index (χ0n) is 9.78. The fourth-order valence-electron chi connectivity index (χ4n) is 1.77. The van der Waals surface area contributed by atoms with E-state index in [9.17, 15) is 4.79 Å². The van der Waals surface area contributed by atoms with Crippen LogP contribution < -0.4 is 14.9 Å². The van der Waals surface area contributed by atoms with Crippen molar-refractivity contribution < 1.29 is 9.47 Å². The number of methoxy groups -OCH3 is 2. The van der Waals surface area contributed by atoms with Crippen molar-refractivity contribution in [1.29, 1.82) is 0 Å². The van der Waals surface area contributed by atoms with Gasteiger partial charge in [0.1, 0.15) is 0 Å². The summed E-state index contributed by atoms with van der Waals surface area (Å²) < 4.78 is 13.0. The van der Waals surface area contributed by atoms with Crippen molar-refractivity contribution in [3.8, 4) is 11.5 Å². The fourth-order valence-corrected chi connectivity index (χ4v) is 2.48. The smallest absolute Gasteiger partial charge is 0.202 e. The molecular weight excluding hydrogens is 333 g/mol. The predicted octanol–water partition coefficient (Wildman–Crippen LogP) is 2.16. The van der Waals surface area contributed by atoms with Gasteiger partial charge in [-0.3, -0.25) is 4.79 Å². The summed E-state index contributed by atoms with van der Waals surface area (Å²) in [7, 11) is 5.03. The molecule has 2 rings (SSSR count). The minimum atomic E-state index is 0.0136. The number of fused-ring (bicyclic) bond motifs is 1. The summed E-state index contributed by atoms with van der Waals surface area (Å²) in [5.74, 6) is 1.19. The van der Waals surface area contributed by atoms with Gasteiger partial charge in [-0.1, -0.05) is 0 Å². The average molecular weight is 345 g/mol. The lowest BCUT2D eigenvalue weighted by Crippen LogP contribution is -2.10. The van der Waals surface area contributed by atoms with E-state index in [1.807, 2.05) is 40.3 Å². The molecule has 0 bridgehead atoms. The Labute approximate surface area is 112 Å². The quantitative estimate of drug-likeness (QED) is 0.784. The monoisotopic (exact) mass is 345 g/mol. The first-order valence-electron chi connectivity index (χ1n) is 4.99. The molecule has 1 heterocycles. The molecule has 0 saturated heterocycles. The maximum absolute atomic E-state index is 12.0. The molecule has 0 spiro atoms. The maximum Gasteiger partial charge on any atom is 0.202 e. The Morgan fingerprint density at radius 3 is 2.35 bits per heavy atom. The van der Waals surface area contributed by atoms with Gasteiger partial charge in [0.05, 0.1) is 28.7 Å². The average Bonchev–Trinajstić information content (AvgIpc) is 2.34. The molecule has 0 aliphatic heterocycles. The van der Waals surface area contributed by atoms with E-state index in [-0.39, 0.29) is 5.43 Å². The van der Waals surface area contributed by atoms with Gasteiger partial charge < -0.3 is 14.0 Å². The Bertz CT molecular complexity index is 634. The summed E-state index contributed by atoms with van der Waals surface area (Å²) >= 11 is 2.03. The van der Waals surface area contributed by atoms with Crippen LogP contribution in [0.25, 0.3) is 10.9 Å². The van der Waals surface area contributed by atoms with Crippen molar-refractivity contribution in [1.82, 2.24) is 4.57 Å². The number of aryl methyl sites for hydroxylation is 1. The van der Waals surface area contributed by atoms with Crippen LogP contribution in [0.1, 0.15) is 0 Å². The summed E-state index contributed by atoms with van der Waals surface area (Å²) in [6.45, 7) is 0. The van der Waals surface area contributed by atoms with Gasteiger partial charge in [0, 0.05) is 19.3 Å². The highest BCUT2D eigenvalue weighted by Crippen LogP contribution is 2.30. The molecule has 17 heavy (non-hydrogen) atoms. The molecule has 90 valence electrons. The first kappa shape index (κ1) is 12.2. The number of hydrogen-bond donors (Lipinski definition) is 0. The van der Waals surface area contributed by atoms with Gasteiger partial charge in [-0.15, -0.1) is 0 Å². The minimum Gasteiger partial charge on any atom is -0.493 e. The van der Waals surface area contributed by atoms with Crippen molar-refractivity contribution in [3.05, 3.63) is 32.1 Å². The molecule has 0 aliphatic rings. The molecule has 0 atom stereocenters. The van der Waals surface area contributed by atoms with Crippen LogP contribution >= 0.6 is 22.6 Å². The number of halogens is 1. The van der Waals surface area contributed by atoms with E-state index in [2.05, 4.69) is 0 Å². The van der Waals surface area contributed by atoms with Crippen LogP contribution in [-0.4, -0.2) is 18.8 Å². The fraction of sp³-hybridized carbons (Fsp3) is 0.250. The van der Waals surface area contributed by atoms with Crippen molar-refractivity contribution in [2.75, 3.05) is 14.2 Å². The van der Waals surface area contributed by atoms with Gasteiger partial charge in [-0.2, -0.15) is 0 Å². The lowest BCUT2D eigenvalue weighted by Gasteiger charge is -2.11. The molecule has 0 aliphatic carbocycles. The molecule has 0 unspecified atom stereocenters. The van der Waals surface area contributed by atoms with Gasteiger partial charge >= 0.3 is 0 Å². The Kier molecular flexibility index (Phi) is 3.28. The molecule has 5 heteroatoms. The van der Waals surface area contributed by atoms with Crippen molar-refractivity contribution in [2.24, 2.45) is 7.05 Å². The summed E-state index contributed by atoms with van der Waals surface area (Å²) in [5.41, 5.74) is 0.840. The van der Waals surface area contributed by atoms with Crippen LogP contribution in [0.3, 0.4) is 0 Å². The van der Waals surface area contributed by atoms with E-state index in [4.69, 9.17) is 9.47 Å². The minimum absolute atomic E-state index is 0.0136. The number of nitrogens with zero attached hydrogens (tertiary/aromatic N) is 1. The maximum atomic E-state index is 12.0. The normalized spacial score (nSPS) is 10.6. The van der Waals surface area contributed by atoms with E-state index < -0.39 is 0 Å². The number of rotatable bonds is 2. The molecule has 0 fully saturated rings. The van der Waals surface area contributed by atoms with Crippen LogP contribution in [0.2, 0.25) is 0 Å². The molecule has 1 aromatic heterocycles. The summed E-state index contributed by atoms with van der Waals surface area (Å²) in [6, 6.07) is 3.53. The van der Waals surface area contributed by atoms with E-state index in [0.29, 0.717) is 20.5 Å². The molecule has 0 radical (unpaired) electrons. The van der Waals surface area contributed by atoms with Crippen LogP contribution in [0.15, 0.2) is 23.1 Å². The largest absolute Gasteiger partial charge is 0.493 e. The predicted molar refractivity (Wildman–Crippen MR) is 75.0 cm³/mol. The standard InChI is InChI=1S/C12H12INO3/c1-14-6-8(13)12(15)7-4-10(16-2)11(17-3)5-9(7)14/h4-6H,1-3H3. The Morgan fingerprint density at radius 2 is 1.76 bits per heavy atom. The topological polar surface area (TPSA) is 40.5 Å². The Hall–Kier alpha value is -1.24. The van der Waals surface area contributed by atoms with Crippen molar-refractivity contribution in [3.63, 3.8) is 0 Å². The first-order chi connectivity index (χ1) is 8.08. The summed E-state index contributed by atoms with van der Waals surface area (Å²) in [4.78, 5) is 12.0. The Morgan fingerprint density at radius 1 is 1.18 bits per heavy atom. The van der Waals surface area contributed by atoms with E-state index >= 15 is 0 Å². The second-order valence-corrected chi connectivity index (χ2v) is 4.80. The molecular formula is C12H12INO3. The summed E-state index contributed by atoms with van der Waals surface area (Å²) in [6.07, 6.45) is 1.80. The third kappa shape index (κ3) is 1.99. The van der Waals surface area contributed by atoms with E-state index in [0.717, 1.165) is 5.52 Å². The molecule has 4 nitrogen and oxygen atoms in total. The first-order valence-corrected chi connectivity index (χ1v) is 6.07. The van der Waals surface area contributed by atoms with Gasteiger partial charge in [0.2, 0.25) is 5.43 Å². The summed E-state index contributed by atoms with van der Waals surface area (Å²) in [5, 5.41) is 0.636. The van der Waals surface area contributed by atoms with Gasteiger partial charge in [0.25, 0.3) is 0 Å². The van der Waals surface area contributed by atoms with E-state index in [1.54, 1.807) is 26.5 Å². The highest BCUT2D eigenvalue weighted by molar-refractivity contribution is 14.1. The van der Waals surface area contributed by atoms with Gasteiger partial charge in [-0.05, 0) is 28.7 Å². The highest BCUT2D eigenvalue weighted by Gasteiger charge is 2.11. The third-order valence-corrected chi connectivity index (χ3v) is 3.42. The van der Waals surface area contributed by atoms with Crippen LogP contribution in [0.5, 0.6) is 11.5 Å². The number of ether oxygens (including phenoxy) is 2. The van der Waals surface area contributed by atoms with Crippen molar-refractivity contribution in [2.45, 2.75) is 0 Å². The van der Waals surface area contributed by atoms with Gasteiger partial charge in [0.15, 0.2) is 11.5 Å². The molecule has 2 aromatic rings. The van der Waals surface area contributed by atoms with Crippen LogP contribution in [0, 0.1) is 3.57 Å². The Balaban J connectivity index is 2.92. The van der Waals surface area contributed by atoms with E-state index in [1.165, 1.54) is 0 Å². The lowest BCUT2D eigenvalue weighted by atomic mass is 10.2. The zero-order valence-corrected chi connectivity index (χ0v) is 11.9. The second-order valence-electron chi connectivity index (χ2n) is 3.64. The number of pyridine rings is 1. The number of benzene rings is 1. The number of aromatic nitrogens is 1. The molecule has 0 saturated carbocycles. The lowest BCUT2D eigenvalue weighted by molar-refractivity contribution is 0.355. The SMILES string of the molecule is COc1cc2c(=O)c(I)cn(C)c2cc1OC. The third-order valence-electron chi connectivity index (χ3n) is 2.65. The molecule has 0 amide bonds. The number of hydrogen-bond acceptors (Lipinski definition) is 3. The van der Waals surface area contributed by atoms with Crippen LogP contribution in [0.4, 0.5) is 0 Å². The van der Waals surface area contributed by atoms with Crippen LogP contribution in [-0.2, 0) is 7.05 Å². The molecule has 1 aromatic carbocycles.